The summed E-state index contributed by atoms with van der Waals surface area (Å²) < 4.78 is 0.954. The van der Waals surface area contributed by atoms with E-state index in [1.165, 1.54) is 29.9 Å². The Kier molecular flexibility index (Phi) is 5.97. The first kappa shape index (κ1) is 19.9. The Bertz CT molecular complexity index is 1200. The molecule has 0 aliphatic carbocycles. The molecule has 0 aliphatic rings. The van der Waals surface area contributed by atoms with Crippen LogP contribution in [0.5, 0.6) is 0 Å². The molecule has 0 saturated carbocycles. The second-order valence-electron chi connectivity index (χ2n) is 6.33. The SMILES string of the molecule is O=C(CCNC(=O)c1cnccn1)Nc1ccc(-c2nc3cccc(Cl)c3s2)cc1. The van der Waals surface area contributed by atoms with Crippen molar-refractivity contribution in [3.63, 3.8) is 0 Å². The molecule has 9 heteroatoms. The quantitative estimate of drug-likeness (QED) is 0.472. The van der Waals surface area contributed by atoms with Crippen LogP contribution in [-0.2, 0) is 4.79 Å². The maximum absolute atomic E-state index is 12.1. The number of carbonyl (C=O) groups is 2. The summed E-state index contributed by atoms with van der Waals surface area (Å²) in [7, 11) is 0. The van der Waals surface area contributed by atoms with Crippen molar-refractivity contribution < 1.29 is 9.59 Å². The number of thiazole rings is 1. The summed E-state index contributed by atoms with van der Waals surface area (Å²) in [6.07, 6.45) is 4.44. The Morgan fingerprint density at radius 3 is 2.63 bits per heavy atom. The average molecular weight is 438 g/mol. The van der Waals surface area contributed by atoms with Gasteiger partial charge in [-0.3, -0.25) is 14.6 Å². The molecule has 4 aromatic rings. The van der Waals surface area contributed by atoms with Gasteiger partial charge in [0.2, 0.25) is 5.91 Å². The second-order valence-corrected chi connectivity index (χ2v) is 7.74. The monoisotopic (exact) mass is 437 g/mol. The van der Waals surface area contributed by atoms with Crippen molar-refractivity contribution in [2.24, 2.45) is 0 Å². The lowest BCUT2D eigenvalue weighted by Crippen LogP contribution is -2.28. The number of amides is 2. The number of rotatable bonds is 6. The average Bonchev–Trinajstić information content (AvgIpc) is 3.20. The van der Waals surface area contributed by atoms with Crippen molar-refractivity contribution in [1.29, 1.82) is 0 Å². The number of hydrogen-bond acceptors (Lipinski definition) is 6. The summed E-state index contributed by atoms with van der Waals surface area (Å²) in [6.45, 7) is 0.200. The number of halogens is 1. The van der Waals surface area contributed by atoms with Gasteiger partial charge in [0.15, 0.2) is 0 Å². The van der Waals surface area contributed by atoms with Crippen LogP contribution in [0, 0.1) is 0 Å². The number of anilines is 1. The standard InChI is InChI=1S/C21H16ClN5O2S/c22-15-2-1-3-16-19(15)30-21(27-16)13-4-6-14(7-5-13)26-18(28)8-9-25-20(29)17-12-23-10-11-24-17/h1-7,10-12H,8-9H2,(H,25,29)(H,26,28). The van der Waals surface area contributed by atoms with Crippen LogP contribution in [0.2, 0.25) is 5.02 Å². The number of nitrogens with zero attached hydrogens (tertiary/aromatic N) is 3. The Morgan fingerprint density at radius 2 is 1.90 bits per heavy atom. The Labute approximate surface area is 181 Å². The molecule has 7 nitrogen and oxygen atoms in total. The van der Waals surface area contributed by atoms with Gasteiger partial charge >= 0.3 is 0 Å². The second kappa shape index (κ2) is 8.98. The zero-order valence-corrected chi connectivity index (χ0v) is 17.2. The summed E-state index contributed by atoms with van der Waals surface area (Å²) in [4.78, 5) is 36.4. The molecule has 0 spiro atoms. The van der Waals surface area contributed by atoms with Crippen molar-refractivity contribution >= 4 is 50.7 Å². The summed E-state index contributed by atoms with van der Waals surface area (Å²) in [5.74, 6) is -0.565. The fourth-order valence-corrected chi connectivity index (χ4v) is 4.02. The molecule has 150 valence electrons. The lowest BCUT2D eigenvalue weighted by atomic mass is 10.2. The largest absolute Gasteiger partial charge is 0.350 e. The Hall–Kier alpha value is -3.36. The molecule has 2 aromatic carbocycles. The molecule has 2 amide bonds. The van der Waals surface area contributed by atoms with Gasteiger partial charge in [0, 0.05) is 36.6 Å². The van der Waals surface area contributed by atoms with E-state index in [-0.39, 0.29) is 30.5 Å². The van der Waals surface area contributed by atoms with Gasteiger partial charge in [0.25, 0.3) is 5.91 Å². The first-order chi connectivity index (χ1) is 14.6. The van der Waals surface area contributed by atoms with E-state index in [0.717, 1.165) is 20.8 Å². The minimum atomic E-state index is -0.365. The third-order valence-electron chi connectivity index (χ3n) is 4.22. The normalized spacial score (nSPS) is 10.7. The van der Waals surface area contributed by atoms with Gasteiger partial charge < -0.3 is 10.6 Å². The molecule has 2 aromatic heterocycles. The third-order valence-corrected chi connectivity index (χ3v) is 5.80. The molecule has 0 bridgehead atoms. The van der Waals surface area contributed by atoms with E-state index >= 15 is 0 Å². The van der Waals surface area contributed by atoms with Crippen LogP contribution >= 0.6 is 22.9 Å². The van der Waals surface area contributed by atoms with Crippen molar-refractivity contribution in [2.45, 2.75) is 6.42 Å². The molecular weight excluding hydrogens is 422 g/mol. The van der Waals surface area contributed by atoms with E-state index in [1.54, 1.807) is 0 Å². The molecule has 0 unspecified atom stereocenters. The van der Waals surface area contributed by atoms with Crippen molar-refractivity contribution in [1.82, 2.24) is 20.3 Å². The number of fused-ring (bicyclic) bond motifs is 1. The number of benzene rings is 2. The molecule has 0 atom stereocenters. The smallest absolute Gasteiger partial charge is 0.271 e. The summed E-state index contributed by atoms with van der Waals surface area (Å²) in [5, 5.41) is 7.01. The maximum Gasteiger partial charge on any atom is 0.271 e. The molecule has 0 fully saturated rings. The van der Waals surface area contributed by atoms with Crippen LogP contribution in [0.15, 0.2) is 61.1 Å². The van der Waals surface area contributed by atoms with E-state index in [9.17, 15) is 9.59 Å². The number of aromatic nitrogens is 3. The molecule has 30 heavy (non-hydrogen) atoms. The van der Waals surface area contributed by atoms with Crippen LogP contribution in [0.25, 0.3) is 20.8 Å². The van der Waals surface area contributed by atoms with Crippen molar-refractivity contribution in [3.8, 4) is 10.6 Å². The predicted molar refractivity (Wildman–Crippen MR) is 118 cm³/mol. The lowest BCUT2D eigenvalue weighted by Gasteiger charge is -2.07. The molecule has 2 N–H and O–H groups in total. The highest BCUT2D eigenvalue weighted by molar-refractivity contribution is 7.22. The minimum Gasteiger partial charge on any atom is -0.350 e. The van der Waals surface area contributed by atoms with Crippen molar-refractivity contribution in [2.75, 3.05) is 11.9 Å². The van der Waals surface area contributed by atoms with E-state index in [4.69, 9.17) is 11.6 Å². The van der Waals surface area contributed by atoms with Gasteiger partial charge in [0.1, 0.15) is 10.7 Å². The highest BCUT2D eigenvalue weighted by Gasteiger charge is 2.10. The van der Waals surface area contributed by atoms with Crippen molar-refractivity contribution in [3.05, 3.63) is 71.8 Å². The Balaban J connectivity index is 1.32. The van der Waals surface area contributed by atoms with Crippen LogP contribution in [-0.4, -0.2) is 33.3 Å². The van der Waals surface area contributed by atoms with Gasteiger partial charge in [-0.25, -0.2) is 9.97 Å². The minimum absolute atomic E-state index is 0.143. The topological polar surface area (TPSA) is 96.9 Å². The molecule has 0 aliphatic heterocycles. The maximum atomic E-state index is 12.1. The number of nitrogens with one attached hydrogen (secondary N) is 2. The first-order valence-corrected chi connectivity index (χ1v) is 10.3. The molecule has 0 radical (unpaired) electrons. The van der Waals surface area contributed by atoms with Gasteiger partial charge in [-0.1, -0.05) is 17.7 Å². The van der Waals surface area contributed by atoms with Crippen LogP contribution in [0.4, 0.5) is 5.69 Å². The summed E-state index contributed by atoms with van der Waals surface area (Å²) in [5.41, 5.74) is 2.69. The molecule has 2 heterocycles. The number of carbonyl (C=O) groups excluding carboxylic acids is 2. The first-order valence-electron chi connectivity index (χ1n) is 9.10. The summed E-state index contributed by atoms with van der Waals surface area (Å²) in [6, 6.07) is 13.1. The van der Waals surface area contributed by atoms with Gasteiger partial charge in [0.05, 0.1) is 21.4 Å². The fourth-order valence-electron chi connectivity index (χ4n) is 2.76. The highest BCUT2D eigenvalue weighted by atomic mass is 35.5. The molecule has 0 saturated heterocycles. The highest BCUT2D eigenvalue weighted by Crippen LogP contribution is 2.34. The van der Waals surface area contributed by atoms with E-state index in [0.29, 0.717) is 10.7 Å². The van der Waals surface area contributed by atoms with Crippen LogP contribution < -0.4 is 10.6 Å². The lowest BCUT2D eigenvalue weighted by molar-refractivity contribution is -0.116. The van der Waals surface area contributed by atoms with Gasteiger partial charge in [-0.15, -0.1) is 11.3 Å². The van der Waals surface area contributed by atoms with E-state index in [2.05, 4.69) is 25.6 Å². The zero-order chi connectivity index (χ0) is 20.9. The Morgan fingerprint density at radius 1 is 1.07 bits per heavy atom. The van der Waals surface area contributed by atoms with E-state index in [1.807, 2.05) is 42.5 Å². The molecular formula is C21H16ClN5O2S. The van der Waals surface area contributed by atoms with Crippen LogP contribution in [0.1, 0.15) is 16.9 Å². The zero-order valence-electron chi connectivity index (χ0n) is 15.6. The third kappa shape index (κ3) is 4.61. The summed E-state index contributed by atoms with van der Waals surface area (Å²) >= 11 is 7.76. The molecule has 4 rings (SSSR count). The van der Waals surface area contributed by atoms with E-state index < -0.39 is 0 Å². The van der Waals surface area contributed by atoms with Gasteiger partial charge in [-0.2, -0.15) is 0 Å². The predicted octanol–water partition coefficient (Wildman–Crippen LogP) is 4.17. The van der Waals surface area contributed by atoms with Gasteiger partial charge in [-0.05, 0) is 36.4 Å². The fraction of sp³-hybridized carbons (Fsp3) is 0.0952. The number of hydrogen-bond donors (Lipinski definition) is 2. The van der Waals surface area contributed by atoms with Crippen LogP contribution in [0.3, 0.4) is 0 Å².